The molecule has 1 saturated carbocycles. The molecule has 8 heteroatoms. The molecule has 0 radical (unpaired) electrons. The summed E-state index contributed by atoms with van der Waals surface area (Å²) in [6.07, 6.45) is 3.55. The SMILES string of the molecule is C=CC(C)n1nc([C@@H]2C[C@H]2C)nc1-c1ccc(N2CCCS2(=O)=O)cc1Cl. The standard InChI is InChI=1S/C19H23ClN4O2S/c1-4-13(3)24-19(21-18(22-24)16-10-12(16)2)15-7-6-14(11-17(15)20)23-8-5-9-27(23,25)26/h4,6-7,11-13,16H,1,5,8-10H2,2-3H3/t12-,13?,16-/m1/s1. The van der Waals surface area contributed by atoms with E-state index in [-0.39, 0.29) is 11.8 Å². The van der Waals surface area contributed by atoms with Gasteiger partial charge in [0.05, 0.1) is 22.5 Å². The molecule has 1 aromatic carbocycles. The van der Waals surface area contributed by atoms with Crippen molar-refractivity contribution in [2.45, 2.75) is 38.6 Å². The minimum Gasteiger partial charge on any atom is -0.270 e. The summed E-state index contributed by atoms with van der Waals surface area (Å²) >= 11 is 6.56. The van der Waals surface area contributed by atoms with Gasteiger partial charge >= 0.3 is 0 Å². The van der Waals surface area contributed by atoms with Gasteiger partial charge in [-0.15, -0.1) is 6.58 Å². The largest absolute Gasteiger partial charge is 0.270 e. The lowest BCUT2D eigenvalue weighted by atomic mass is 10.1. The van der Waals surface area contributed by atoms with Gasteiger partial charge < -0.3 is 0 Å². The molecule has 2 aromatic rings. The van der Waals surface area contributed by atoms with E-state index in [9.17, 15) is 8.42 Å². The molecule has 0 bridgehead atoms. The van der Waals surface area contributed by atoms with Crippen LogP contribution in [0, 0.1) is 5.92 Å². The average Bonchev–Trinajstić information content (AvgIpc) is 3.04. The Bertz CT molecular complexity index is 1000. The van der Waals surface area contributed by atoms with Crippen LogP contribution in [0.5, 0.6) is 0 Å². The minimum absolute atomic E-state index is 0.0231. The maximum Gasteiger partial charge on any atom is 0.235 e. The highest BCUT2D eigenvalue weighted by atomic mass is 35.5. The third kappa shape index (κ3) is 3.27. The third-order valence-electron chi connectivity index (χ3n) is 5.40. The summed E-state index contributed by atoms with van der Waals surface area (Å²) in [6.45, 7) is 8.56. The highest BCUT2D eigenvalue weighted by molar-refractivity contribution is 7.93. The zero-order valence-electron chi connectivity index (χ0n) is 15.5. The van der Waals surface area contributed by atoms with E-state index in [2.05, 4.69) is 13.5 Å². The van der Waals surface area contributed by atoms with Gasteiger partial charge in [-0.3, -0.25) is 4.31 Å². The lowest BCUT2D eigenvalue weighted by Crippen LogP contribution is -2.25. The van der Waals surface area contributed by atoms with Crippen LogP contribution in [0.4, 0.5) is 5.69 Å². The predicted molar refractivity (Wildman–Crippen MR) is 108 cm³/mol. The summed E-state index contributed by atoms with van der Waals surface area (Å²) in [7, 11) is -3.24. The van der Waals surface area contributed by atoms with E-state index in [1.165, 1.54) is 4.31 Å². The second-order valence-electron chi connectivity index (χ2n) is 7.44. The molecule has 27 heavy (non-hydrogen) atoms. The third-order valence-corrected chi connectivity index (χ3v) is 7.58. The van der Waals surface area contributed by atoms with Crippen LogP contribution < -0.4 is 4.31 Å². The number of aromatic nitrogens is 3. The zero-order valence-corrected chi connectivity index (χ0v) is 17.0. The predicted octanol–water partition coefficient (Wildman–Crippen LogP) is 4.01. The van der Waals surface area contributed by atoms with Gasteiger partial charge in [0, 0.05) is 18.0 Å². The van der Waals surface area contributed by atoms with Crippen molar-refractivity contribution < 1.29 is 8.42 Å². The van der Waals surface area contributed by atoms with Gasteiger partial charge in [0.2, 0.25) is 10.0 Å². The van der Waals surface area contributed by atoms with Crippen molar-refractivity contribution >= 4 is 27.3 Å². The molecule has 1 saturated heterocycles. The van der Waals surface area contributed by atoms with E-state index in [4.69, 9.17) is 21.7 Å². The molecular formula is C19H23ClN4O2S. The number of rotatable bonds is 5. The van der Waals surface area contributed by atoms with Gasteiger partial charge in [-0.1, -0.05) is 24.6 Å². The number of anilines is 1. The van der Waals surface area contributed by atoms with Crippen molar-refractivity contribution in [2.75, 3.05) is 16.6 Å². The fraction of sp³-hybridized carbons (Fsp3) is 0.474. The smallest absolute Gasteiger partial charge is 0.235 e. The molecule has 1 aliphatic carbocycles. The van der Waals surface area contributed by atoms with E-state index >= 15 is 0 Å². The van der Waals surface area contributed by atoms with E-state index in [0.29, 0.717) is 41.3 Å². The second-order valence-corrected chi connectivity index (χ2v) is 9.86. The normalized spacial score (nSPS) is 24.8. The number of allylic oxidation sites excluding steroid dienone is 1. The van der Waals surface area contributed by atoms with Gasteiger partial charge in [-0.25, -0.2) is 18.1 Å². The van der Waals surface area contributed by atoms with Gasteiger partial charge in [0.1, 0.15) is 0 Å². The van der Waals surface area contributed by atoms with E-state index in [1.807, 2.05) is 23.7 Å². The highest BCUT2D eigenvalue weighted by Crippen LogP contribution is 2.46. The van der Waals surface area contributed by atoms with Crippen LogP contribution >= 0.6 is 11.6 Å². The van der Waals surface area contributed by atoms with Crippen LogP contribution in [-0.2, 0) is 10.0 Å². The quantitative estimate of drug-likeness (QED) is 0.703. The number of sulfonamides is 1. The van der Waals surface area contributed by atoms with E-state index in [0.717, 1.165) is 17.8 Å². The number of halogens is 1. The number of hydrogen-bond acceptors (Lipinski definition) is 4. The van der Waals surface area contributed by atoms with Crippen LogP contribution in [0.25, 0.3) is 11.4 Å². The fourth-order valence-electron chi connectivity index (χ4n) is 3.52. The van der Waals surface area contributed by atoms with Gasteiger partial charge in [-0.05, 0) is 43.9 Å². The first-order valence-corrected chi connectivity index (χ1v) is 11.2. The van der Waals surface area contributed by atoms with Crippen molar-refractivity contribution in [1.29, 1.82) is 0 Å². The highest BCUT2D eigenvalue weighted by Gasteiger charge is 2.38. The zero-order chi connectivity index (χ0) is 19.3. The Kier molecular flexibility index (Phi) is 4.55. The molecule has 0 spiro atoms. The lowest BCUT2D eigenvalue weighted by molar-refractivity contribution is 0.578. The summed E-state index contributed by atoms with van der Waals surface area (Å²) in [6, 6.07) is 5.31. The molecule has 2 fully saturated rings. The number of hydrogen-bond donors (Lipinski definition) is 0. The Morgan fingerprint density at radius 1 is 1.41 bits per heavy atom. The van der Waals surface area contributed by atoms with Crippen molar-refractivity contribution in [3.63, 3.8) is 0 Å². The van der Waals surface area contributed by atoms with Gasteiger partial charge in [0.25, 0.3) is 0 Å². The van der Waals surface area contributed by atoms with Gasteiger partial charge in [-0.2, -0.15) is 5.10 Å². The summed E-state index contributed by atoms with van der Waals surface area (Å²) in [5.41, 5.74) is 1.35. The van der Waals surface area contributed by atoms with E-state index in [1.54, 1.807) is 12.1 Å². The molecule has 6 nitrogen and oxygen atoms in total. The molecule has 2 heterocycles. The monoisotopic (exact) mass is 406 g/mol. The molecule has 0 N–H and O–H groups in total. The number of benzene rings is 1. The summed E-state index contributed by atoms with van der Waals surface area (Å²) in [5.74, 6) is 2.71. The molecule has 1 aliphatic heterocycles. The molecule has 0 amide bonds. The first kappa shape index (κ1) is 18.5. The molecule has 1 unspecified atom stereocenters. The Balaban J connectivity index is 1.75. The number of nitrogens with zero attached hydrogens (tertiary/aromatic N) is 4. The van der Waals surface area contributed by atoms with Crippen molar-refractivity contribution in [3.05, 3.63) is 41.7 Å². The summed E-state index contributed by atoms with van der Waals surface area (Å²) in [4.78, 5) is 4.77. The first-order chi connectivity index (χ1) is 12.8. The summed E-state index contributed by atoms with van der Waals surface area (Å²) in [5, 5.41) is 5.17. The molecule has 144 valence electrons. The van der Waals surface area contributed by atoms with E-state index < -0.39 is 10.0 Å². The Labute approximate surface area is 164 Å². The molecule has 2 aliphatic rings. The van der Waals surface area contributed by atoms with Crippen LogP contribution in [0.1, 0.15) is 44.5 Å². The molecule has 3 atom stereocenters. The fourth-order valence-corrected chi connectivity index (χ4v) is 5.33. The minimum atomic E-state index is -3.24. The lowest BCUT2D eigenvalue weighted by Gasteiger charge is -2.18. The van der Waals surface area contributed by atoms with Gasteiger partial charge in [0.15, 0.2) is 11.6 Å². The Morgan fingerprint density at radius 2 is 2.15 bits per heavy atom. The molecular weight excluding hydrogens is 384 g/mol. The van der Waals surface area contributed by atoms with Crippen molar-refractivity contribution in [2.24, 2.45) is 5.92 Å². The van der Waals surface area contributed by atoms with Crippen molar-refractivity contribution in [3.8, 4) is 11.4 Å². The second kappa shape index (κ2) is 6.63. The molecule has 1 aromatic heterocycles. The first-order valence-electron chi connectivity index (χ1n) is 9.21. The van der Waals surface area contributed by atoms with Crippen LogP contribution in [0.2, 0.25) is 5.02 Å². The van der Waals surface area contributed by atoms with Crippen LogP contribution in [0.15, 0.2) is 30.9 Å². The maximum absolute atomic E-state index is 12.2. The van der Waals surface area contributed by atoms with Crippen molar-refractivity contribution in [1.82, 2.24) is 14.8 Å². The molecule has 4 rings (SSSR count). The summed E-state index contributed by atoms with van der Waals surface area (Å²) < 4.78 is 27.6. The average molecular weight is 407 g/mol. The maximum atomic E-state index is 12.2. The topological polar surface area (TPSA) is 68.1 Å². The Hall–Kier alpha value is -1.86. The Morgan fingerprint density at radius 3 is 2.70 bits per heavy atom. The van der Waals surface area contributed by atoms with Crippen LogP contribution in [0.3, 0.4) is 0 Å². The van der Waals surface area contributed by atoms with Crippen LogP contribution in [-0.4, -0.2) is 35.5 Å².